The number of aromatic nitrogens is 2. The first-order chi connectivity index (χ1) is 11.0. The maximum atomic E-state index is 11.1. The average Bonchev–Trinajstić information content (AvgIpc) is 2.95. The molecule has 0 aliphatic heterocycles. The fourth-order valence-electron chi connectivity index (χ4n) is 2.10. The van der Waals surface area contributed by atoms with Gasteiger partial charge in [0.15, 0.2) is 0 Å². The monoisotopic (exact) mass is 330 g/mol. The number of fused-ring (bicyclic) bond motifs is 1. The number of aromatic amines is 1. The number of rotatable bonds is 5. The predicted octanol–water partition coefficient (Wildman–Crippen LogP) is 3.67. The summed E-state index contributed by atoms with van der Waals surface area (Å²) >= 11 is 1.21. The molecule has 0 fully saturated rings. The van der Waals surface area contributed by atoms with Crippen molar-refractivity contribution in [2.45, 2.75) is 10.6 Å². The number of non-ortho nitro benzene ring substituents is 1. The number of H-pyrrole nitrogens is 1. The molecule has 0 aliphatic rings. The van der Waals surface area contributed by atoms with Gasteiger partial charge in [-0.25, -0.2) is 4.98 Å². The van der Waals surface area contributed by atoms with Crippen LogP contribution in [0.25, 0.3) is 11.0 Å². The largest absolute Gasteiger partial charge is 0.341 e. The molecule has 0 spiro atoms. The topological polar surface area (TPSA) is 115 Å². The van der Waals surface area contributed by atoms with E-state index in [1.807, 2.05) is 24.3 Å². The summed E-state index contributed by atoms with van der Waals surface area (Å²) in [4.78, 5) is 28.4. The minimum absolute atomic E-state index is 0.277. The molecule has 0 aliphatic carbocycles. The number of nitrogens with zero attached hydrogens (tertiary/aromatic N) is 3. The van der Waals surface area contributed by atoms with Crippen LogP contribution in [0, 0.1) is 20.2 Å². The summed E-state index contributed by atoms with van der Waals surface area (Å²) in [6, 6.07) is 11.2. The van der Waals surface area contributed by atoms with Gasteiger partial charge < -0.3 is 4.98 Å². The molecule has 0 saturated carbocycles. The van der Waals surface area contributed by atoms with Crippen LogP contribution in [0.5, 0.6) is 0 Å². The number of benzene rings is 2. The number of hydrogen-bond donors (Lipinski definition) is 1. The zero-order valence-corrected chi connectivity index (χ0v) is 12.4. The zero-order valence-electron chi connectivity index (χ0n) is 11.6. The number of para-hydroxylation sites is 2. The van der Waals surface area contributed by atoms with Crippen LogP contribution in [-0.2, 0) is 5.75 Å². The predicted molar refractivity (Wildman–Crippen MR) is 85.4 cm³/mol. The molecule has 0 unspecified atom stereocenters. The van der Waals surface area contributed by atoms with Crippen molar-refractivity contribution in [2.75, 3.05) is 0 Å². The maximum Gasteiger partial charge on any atom is 0.289 e. The van der Waals surface area contributed by atoms with Crippen LogP contribution in [-0.4, -0.2) is 19.8 Å². The lowest BCUT2D eigenvalue weighted by Crippen LogP contribution is -1.95. The number of nitro benzene ring substituents is 2. The Balaban J connectivity index is 1.84. The van der Waals surface area contributed by atoms with Crippen LogP contribution in [0.4, 0.5) is 11.4 Å². The van der Waals surface area contributed by atoms with Crippen molar-refractivity contribution in [3.63, 3.8) is 0 Å². The summed E-state index contributed by atoms with van der Waals surface area (Å²) in [5.74, 6) is 1.08. The van der Waals surface area contributed by atoms with E-state index in [2.05, 4.69) is 9.97 Å². The van der Waals surface area contributed by atoms with Crippen molar-refractivity contribution in [1.29, 1.82) is 0 Å². The SMILES string of the molecule is O=[N+]([O-])c1ccc(SCc2nc3ccccc3[nH]2)c([N+](=O)[O-])c1. The highest BCUT2D eigenvalue weighted by Crippen LogP contribution is 2.34. The first-order valence-electron chi connectivity index (χ1n) is 6.54. The first kappa shape index (κ1) is 15.0. The van der Waals surface area contributed by atoms with Crippen LogP contribution in [0.1, 0.15) is 5.82 Å². The van der Waals surface area contributed by atoms with Crippen LogP contribution < -0.4 is 0 Å². The molecule has 116 valence electrons. The highest BCUT2D eigenvalue weighted by atomic mass is 32.2. The van der Waals surface area contributed by atoms with Crippen molar-refractivity contribution >= 4 is 34.2 Å². The molecule has 0 saturated heterocycles. The minimum atomic E-state index is -0.652. The van der Waals surface area contributed by atoms with Crippen LogP contribution in [0.15, 0.2) is 47.4 Å². The van der Waals surface area contributed by atoms with Crippen LogP contribution in [0.3, 0.4) is 0 Å². The summed E-state index contributed by atoms with van der Waals surface area (Å²) in [6.07, 6.45) is 0. The van der Waals surface area contributed by atoms with E-state index >= 15 is 0 Å². The van der Waals surface area contributed by atoms with Crippen molar-refractivity contribution < 1.29 is 9.85 Å². The van der Waals surface area contributed by atoms with Gasteiger partial charge in [-0.05, 0) is 18.2 Å². The molecule has 0 radical (unpaired) electrons. The van der Waals surface area contributed by atoms with Gasteiger partial charge in [-0.3, -0.25) is 20.2 Å². The highest BCUT2D eigenvalue weighted by Gasteiger charge is 2.20. The molecule has 8 nitrogen and oxygen atoms in total. The second kappa shape index (κ2) is 6.05. The number of nitrogens with one attached hydrogen (secondary N) is 1. The lowest BCUT2D eigenvalue weighted by Gasteiger charge is -2.01. The van der Waals surface area contributed by atoms with E-state index in [1.54, 1.807) is 0 Å². The van der Waals surface area contributed by atoms with Gasteiger partial charge in [-0.2, -0.15) is 0 Å². The quantitative estimate of drug-likeness (QED) is 0.433. The Bertz CT molecular complexity index is 876. The van der Waals surface area contributed by atoms with E-state index in [0.717, 1.165) is 17.1 Å². The molecule has 3 rings (SSSR count). The summed E-state index contributed by atoms with van der Waals surface area (Å²) in [7, 11) is 0. The van der Waals surface area contributed by atoms with E-state index in [-0.39, 0.29) is 11.4 Å². The van der Waals surface area contributed by atoms with E-state index < -0.39 is 9.85 Å². The number of imidazole rings is 1. The number of nitro groups is 2. The molecule has 2 aromatic carbocycles. The Morgan fingerprint density at radius 1 is 1.09 bits per heavy atom. The van der Waals surface area contributed by atoms with Gasteiger partial charge in [-0.1, -0.05) is 12.1 Å². The van der Waals surface area contributed by atoms with Crippen LogP contribution in [0.2, 0.25) is 0 Å². The zero-order chi connectivity index (χ0) is 16.4. The molecule has 9 heteroatoms. The molecular weight excluding hydrogens is 320 g/mol. The van der Waals surface area contributed by atoms with Gasteiger partial charge in [0.2, 0.25) is 0 Å². The Hall–Kier alpha value is -2.94. The smallest absolute Gasteiger partial charge is 0.289 e. The lowest BCUT2D eigenvalue weighted by atomic mass is 10.3. The van der Waals surface area contributed by atoms with Crippen molar-refractivity contribution in [2.24, 2.45) is 0 Å². The third kappa shape index (κ3) is 3.14. The molecule has 0 atom stereocenters. The maximum absolute atomic E-state index is 11.1. The Labute approximate surface area is 133 Å². The standard InChI is InChI=1S/C14H10N4O4S/c19-17(20)9-5-6-13(12(7-9)18(21)22)23-8-14-15-10-3-1-2-4-11(10)16-14/h1-7H,8H2,(H,15,16). The van der Waals surface area contributed by atoms with E-state index in [4.69, 9.17) is 0 Å². The van der Waals surface area contributed by atoms with Gasteiger partial charge in [-0.15, -0.1) is 11.8 Å². The summed E-state index contributed by atoms with van der Waals surface area (Å²) in [5.41, 5.74) is 1.13. The van der Waals surface area contributed by atoms with Crippen molar-refractivity contribution in [1.82, 2.24) is 9.97 Å². The number of thioether (sulfide) groups is 1. The van der Waals surface area contributed by atoms with Gasteiger partial charge in [0.05, 0.1) is 37.6 Å². The molecule has 0 bridgehead atoms. The molecular formula is C14H10N4O4S. The minimum Gasteiger partial charge on any atom is -0.341 e. The fraction of sp³-hybridized carbons (Fsp3) is 0.0714. The van der Waals surface area contributed by atoms with Gasteiger partial charge in [0.1, 0.15) is 5.82 Å². The highest BCUT2D eigenvalue weighted by molar-refractivity contribution is 7.98. The Morgan fingerprint density at radius 2 is 1.87 bits per heavy atom. The average molecular weight is 330 g/mol. The van der Waals surface area contributed by atoms with Crippen molar-refractivity contribution in [3.8, 4) is 0 Å². The Morgan fingerprint density at radius 3 is 2.57 bits per heavy atom. The van der Waals surface area contributed by atoms with Crippen LogP contribution >= 0.6 is 11.8 Å². The van der Waals surface area contributed by atoms with Gasteiger partial charge in [0.25, 0.3) is 11.4 Å². The summed E-state index contributed by atoms with van der Waals surface area (Å²) in [6.45, 7) is 0. The fourth-order valence-corrected chi connectivity index (χ4v) is 2.98. The second-order valence-electron chi connectivity index (χ2n) is 4.66. The number of hydrogen-bond acceptors (Lipinski definition) is 6. The molecule has 3 aromatic rings. The van der Waals surface area contributed by atoms with Gasteiger partial charge in [0, 0.05) is 6.07 Å². The third-order valence-electron chi connectivity index (χ3n) is 3.15. The molecule has 0 amide bonds. The lowest BCUT2D eigenvalue weighted by molar-refractivity contribution is -0.396. The molecule has 23 heavy (non-hydrogen) atoms. The first-order valence-corrected chi connectivity index (χ1v) is 7.52. The van der Waals surface area contributed by atoms with E-state index in [9.17, 15) is 20.2 Å². The van der Waals surface area contributed by atoms with Gasteiger partial charge >= 0.3 is 0 Å². The molecule has 1 heterocycles. The van der Waals surface area contributed by atoms with E-state index in [0.29, 0.717) is 16.5 Å². The third-order valence-corrected chi connectivity index (χ3v) is 4.23. The van der Waals surface area contributed by atoms with E-state index in [1.165, 1.54) is 23.9 Å². The van der Waals surface area contributed by atoms with Crippen molar-refractivity contribution in [3.05, 3.63) is 68.5 Å². The summed E-state index contributed by atoms with van der Waals surface area (Å²) < 4.78 is 0. The second-order valence-corrected chi connectivity index (χ2v) is 5.67. The molecule has 1 N–H and O–H groups in total. The summed E-state index contributed by atoms with van der Waals surface area (Å²) in [5, 5.41) is 21.8. The molecule has 1 aromatic heterocycles. The Kier molecular flexibility index (Phi) is 3.94. The normalized spacial score (nSPS) is 10.8.